The SMILES string of the molecule is COC(=O)C(Cc1ccccc1)N=C1C[C@@H]2C[C@@H](C2(C)C)[C@]1(C)O. The van der Waals surface area contributed by atoms with Crippen molar-refractivity contribution in [2.75, 3.05) is 7.11 Å². The van der Waals surface area contributed by atoms with Gasteiger partial charge in [0, 0.05) is 12.1 Å². The quantitative estimate of drug-likeness (QED) is 0.864. The summed E-state index contributed by atoms with van der Waals surface area (Å²) in [6, 6.07) is 9.21. The number of benzene rings is 1. The molecule has 130 valence electrons. The van der Waals surface area contributed by atoms with Crippen LogP contribution >= 0.6 is 0 Å². The maximum atomic E-state index is 12.2. The van der Waals surface area contributed by atoms with Crippen molar-refractivity contribution in [2.24, 2.45) is 22.2 Å². The Labute approximate surface area is 143 Å². The molecule has 1 aromatic carbocycles. The van der Waals surface area contributed by atoms with Crippen molar-refractivity contribution in [1.82, 2.24) is 0 Å². The molecule has 4 nitrogen and oxygen atoms in total. The molecule has 0 aromatic heterocycles. The van der Waals surface area contributed by atoms with Gasteiger partial charge in [0.05, 0.1) is 7.11 Å². The summed E-state index contributed by atoms with van der Waals surface area (Å²) < 4.78 is 4.95. The van der Waals surface area contributed by atoms with Gasteiger partial charge in [0.25, 0.3) is 0 Å². The average Bonchev–Trinajstić information content (AvgIpc) is 2.55. The zero-order valence-corrected chi connectivity index (χ0v) is 15.0. The highest BCUT2D eigenvalue weighted by atomic mass is 16.5. The van der Waals surface area contributed by atoms with E-state index >= 15 is 0 Å². The molecule has 4 atom stereocenters. The van der Waals surface area contributed by atoms with Gasteiger partial charge in [0.1, 0.15) is 5.60 Å². The first kappa shape index (κ1) is 17.2. The fraction of sp³-hybridized carbons (Fsp3) is 0.600. The molecular weight excluding hydrogens is 302 g/mol. The van der Waals surface area contributed by atoms with E-state index in [1.807, 2.05) is 37.3 Å². The fourth-order valence-electron chi connectivity index (χ4n) is 4.48. The third kappa shape index (κ3) is 2.77. The monoisotopic (exact) mass is 329 g/mol. The second-order valence-electron chi connectivity index (χ2n) is 7.96. The Morgan fingerprint density at radius 1 is 1.33 bits per heavy atom. The van der Waals surface area contributed by atoms with Crippen LogP contribution < -0.4 is 0 Å². The van der Waals surface area contributed by atoms with Gasteiger partial charge in [-0.15, -0.1) is 0 Å². The highest BCUT2D eigenvalue weighted by Gasteiger charge is 2.61. The lowest BCUT2D eigenvalue weighted by Gasteiger charge is -2.62. The van der Waals surface area contributed by atoms with E-state index in [9.17, 15) is 9.90 Å². The Bertz CT molecular complexity index is 648. The minimum absolute atomic E-state index is 0.142. The van der Waals surface area contributed by atoms with Gasteiger partial charge in [-0.2, -0.15) is 0 Å². The number of hydrogen-bond donors (Lipinski definition) is 1. The zero-order chi connectivity index (χ0) is 17.5. The van der Waals surface area contributed by atoms with Crippen molar-refractivity contribution < 1.29 is 14.6 Å². The molecule has 24 heavy (non-hydrogen) atoms. The number of ether oxygens (including phenoxy) is 1. The second-order valence-corrected chi connectivity index (χ2v) is 7.96. The van der Waals surface area contributed by atoms with Crippen LogP contribution in [0.2, 0.25) is 0 Å². The number of esters is 1. The molecule has 1 aromatic rings. The number of aliphatic hydroxyl groups is 1. The minimum atomic E-state index is -0.943. The minimum Gasteiger partial charge on any atom is -0.467 e. The standard InChI is InChI=1S/C20H27NO3/c1-19(2)14-11-16(19)20(3,23)17(12-14)21-15(18(22)24-4)10-13-8-6-5-7-9-13/h5-9,14-16,23H,10-12H2,1-4H3/t14-,15?,16-,20-/m0/s1. The molecule has 0 aliphatic heterocycles. The first-order chi connectivity index (χ1) is 11.3. The van der Waals surface area contributed by atoms with E-state index in [1.54, 1.807) is 0 Å². The van der Waals surface area contributed by atoms with E-state index in [2.05, 4.69) is 13.8 Å². The van der Waals surface area contributed by atoms with Crippen LogP contribution in [0.25, 0.3) is 0 Å². The van der Waals surface area contributed by atoms with E-state index in [0.29, 0.717) is 12.3 Å². The van der Waals surface area contributed by atoms with E-state index < -0.39 is 11.6 Å². The predicted molar refractivity (Wildman–Crippen MR) is 94.0 cm³/mol. The van der Waals surface area contributed by atoms with Crippen molar-refractivity contribution in [2.45, 2.75) is 51.7 Å². The lowest BCUT2D eigenvalue weighted by molar-refractivity contribution is -0.142. The molecule has 3 saturated carbocycles. The van der Waals surface area contributed by atoms with Gasteiger partial charge < -0.3 is 9.84 Å². The summed E-state index contributed by atoms with van der Waals surface area (Å²) in [6.45, 7) is 6.29. The summed E-state index contributed by atoms with van der Waals surface area (Å²) >= 11 is 0. The summed E-state index contributed by atoms with van der Waals surface area (Å²) in [5.41, 5.74) is 0.997. The molecule has 0 amide bonds. The number of methoxy groups -OCH3 is 1. The van der Waals surface area contributed by atoms with Crippen molar-refractivity contribution >= 4 is 11.7 Å². The third-order valence-corrected chi connectivity index (χ3v) is 6.23. The highest BCUT2D eigenvalue weighted by molar-refractivity contribution is 5.96. The highest BCUT2D eigenvalue weighted by Crippen LogP contribution is 2.61. The van der Waals surface area contributed by atoms with Crippen LogP contribution in [0.3, 0.4) is 0 Å². The van der Waals surface area contributed by atoms with Crippen LogP contribution in [-0.2, 0) is 16.0 Å². The van der Waals surface area contributed by atoms with Gasteiger partial charge in [-0.25, -0.2) is 4.79 Å². The van der Waals surface area contributed by atoms with Crippen molar-refractivity contribution in [3.05, 3.63) is 35.9 Å². The number of carbonyl (C=O) groups is 1. The Balaban J connectivity index is 1.87. The molecule has 4 rings (SSSR count). The van der Waals surface area contributed by atoms with Gasteiger partial charge in [0.15, 0.2) is 6.04 Å². The van der Waals surface area contributed by atoms with Crippen molar-refractivity contribution in [1.29, 1.82) is 0 Å². The van der Waals surface area contributed by atoms with Crippen molar-refractivity contribution in [3.8, 4) is 0 Å². The molecular formula is C20H27NO3. The number of carbonyl (C=O) groups excluding carboxylic acids is 1. The van der Waals surface area contributed by atoms with Gasteiger partial charge >= 0.3 is 5.97 Å². The van der Waals surface area contributed by atoms with Crippen LogP contribution in [-0.4, -0.2) is 35.5 Å². The summed E-state index contributed by atoms with van der Waals surface area (Å²) in [5.74, 6) is 0.398. The number of nitrogens with zero attached hydrogens (tertiary/aromatic N) is 1. The van der Waals surface area contributed by atoms with E-state index in [0.717, 1.165) is 24.1 Å². The molecule has 3 aliphatic rings. The van der Waals surface area contributed by atoms with E-state index in [4.69, 9.17) is 9.73 Å². The van der Waals surface area contributed by atoms with E-state index in [-0.39, 0.29) is 17.3 Å². The molecule has 1 unspecified atom stereocenters. The number of hydrogen-bond acceptors (Lipinski definition) is 4. The lowest BCUT2D eigenvalue weighted by Crippen LogP contribution is -2.65. The maximum absolute atomic E-state index is 12.2. The molecule has 0 radical (unpaired) electrons. The summed E-state index contributed by atoms with van der Waals surface area (Å²) in [5, 5.41) is 11.1. The van der Waals surface area contributed by atoms with Gasteiger partial charge in [-0.3, -0.25) is 4.99 Å². The van der Waals surface area contributed by atoms with Gasteiger partial charge in [-0.05, 0) is 42.6 Å². The molecule has 2 bridgehead atoms. The number of fused-ring (bicyclic) bond motifs is 2. The smallest absolute Gasteiger partial charge is 0.330 e. The van der Waals surface area contributed by atoms with Gasteiger partial charge in [-0.1, -0.05) is 44.2 Å². The van der Waals surface area contributed by atoms with Crippen LogP contribution in [0.15, 0.2) is 35.3 Å². The third-order valence-electron chi connectivity index (χ3n) is 6.23. The normalized spacial score (nSPS) is 33.6. The van der Waals surface area contributed by atoms with Crippen LogP contribution in [0.4, 0.5) is 0 Å². The fourth-order valence-corrected chi connectivity index (χ4v) is 4.48. The van der Waals surface area contributed by atoms with Crippen LogP contribution in [0.5, 0.6) is 0 Å². The van der Waals surface area contributed by atoms with E-state index in [1.165, 1.54) is 7.11 Å². The Morgan fingerprint density at radius 3 is 2.54 bits per heavy atom. The topological polar surface area (TPSA) is 58.9 Å². The average molecular weight is 329 g/mol. The summed E-state index contributed by atoms with van der Waals surface area (Å²) in [7, 11) is 1.39. The van der Waals surface area contributed by atoms with Crippen LogP contribution in [0, 0.1) is 17.3 Å². The molecule has 1 N–H and O–H groups in total. The van der Waals surface area contributed by atoms with Crippen LogP contribution in [0.1, 0.15) is 39.2 Å². The molecule has 4 heteroatoms. The summed E-state index contributed by atoms with van der Waals surface area (Å²) in [4.78, 5) is 16.9. The molecule has 0 spiro atoms. The Hall–Kier alpha value is -1.68. The van der Waals surface area contributed by atoms with Crippen molar-refractivity contribution in [3.63, 3.8) is 0 Å². The maximum Gasteiger partial charge on any atom is 0.330 e. The molecule has 3 fully saturated rings. The Morgan fingerprint density at radius 2 is 2.00 bits per heavy atom. The zero-order valence-electron chi connectivity index (χ0n) is 15.0. The molecule has 0 heterocycles. The Kier molecular flexibility index (Phi) is 4.28. The van der Waals surface area contributed by atoms with Gasteiger partial charge in [0.2, 0.25) is 0 Å². The number of aliphatic imine (C=N–C) groups is 1. The first-order valence-corrected chi connectivity index (χ1v) is 8.68. The second kappa shape index (κ2) is 5.99. The summed E-state index contributed by atoms with van der Waals surface area (Å²) in [6.07, 6.45) is 2.30. The first-order valence-electron chi connectivity index (χ1n) is 8.68. The molecule has 3 aliphatic carbocycles. The molecule has 0 saturated heterocycles. The predicted octanol–water partition coefficient (Wildman–Crippen LogP) is 3.03. The lowest BCUT2D eigenvalue weighted by atomic mass is 9.44. The largest absolute Gasteiger partial charge is 0.467 e. The number of rotatable bonds is 4.